The molecule has 0 amide bonds. The van der Waals surface area contributed by atoms with Crippen molar-refractivity contribution < 1.29 is 13.2 Å². The molecule has 6 heteroatoms. The lowest BCUT2D eigenvalue weighted by atomic mass is 10.2. The predicted molar refractivity (Wildman–Crippen MR) is 75.3 cm³/mol. The molecule has 18 heavy (non-hydrogen) atoms. The largest absolute Gasteiger partial charge is 0.374 e. The lowest BCUT2D eigenvalue weighted by molar-refractivity contribution is 0.0569. The first-order chi connectivity index (χ1) is 8.52. The van der Waals surface area contributed by atoms with E-state index in [-0.39, 0.29) is 6.10 Å². The molecular formula is C12H16BrNO3S. The first-order valence-electron chi connectivity index (χ1n) is 5.74. The zero-order valence-electron chi connectivity index (χ0n) is 10.2. The van der Waals surface area contributed by atoms with Gasteiger partial charge in [-0.2, -0.15) is 0 Å². The number of rotatable bonds is 3. The van der Waals surface area contributed by atoms with Crippen molar-refractivity contribution in [1.82, 2.24) is 0 Å². The second-order valence-electron chi connectivity index (χ2n) is 4.33. The molecule has 2 rings (SSSR count). The van der Waals surface area contributed by atoms with Crippen molar-refractivity contribution in [3.8, 4) is 0 Å². The molecule has 1 heterocycles. The van der Waals surface area contributed by atoms with Crippen molar-refractivity contribution >= 4 is 31.5 Å². The summed E-state index contributed by atoms with van der Waals surface area (Å²) in [5.74, 6) is 0. The van der Waals surface area contributed by atoms with Crippen molar-refractivity contribution in [2.24, 2.45) is 0 Å². The van der Waals surface area contributed by atoms with Gasteiger partial charge in [-0.3, -0.25) is 0 Å². The van der Waals surface area contributed by atoms with Gasteiger partial charge in [0.2, 0.25) is 0 Å². The molecule has 1 aliphatic heterocycles. The normalized spacial score (nSPS) is 21.0. The highest BCUT2D eigenvalue weighted by atomic mass is 79.9. The Morgan fingerprint density at radius 1 is 1.44 bits per heavy atom. The molecule has 4 nitrogen and oxygen atoms in total. The molecule has 1 fully saturated rings. The van der Waals surface area contributed by atoms with Crippen LogP contribution in [0.2, 0.25) is 0 Å². The summed E-state index contributed by atoms with van der Waals surface area (Å²) < 4.78 is 29.1. The lowest BCUT2D eigenvalue weighted by Gasteiger charge is -2.34. The minimum absolute atomic E-state index is 0.103. The molecule has 0 spiro atoms. The second kappa shape index (κ2) is 5.59. The maximum atomic E-state index is 11.8. The maximum absolute atomic E-state index is 11.8. The molecule has 0 saturated carbocycles. The van der Waals surface area contributed by atoms with Crippen LogP contribution in [0.3, 0.4) is 0 Å². The molecular weight excluding hydrogens is 318 g/mol. The molecule has 1 saturated heterocycles. The van der Waals surface area contributed by atoms with Gasteiger partial charge >= 0.3 is 0 Å². The molecule has 0 aromatic heterocycles. The number of anilines is 1. The van der Waals surface area contributed by atoms with Gasteiger partial charge in [-0.05, 0) is 12.1 Å². The predicted octanol–water partition coefficient (Wildman–Crippen LogP) is 1.69. The van der Waals surface area contributed by atoms with Crippen molar-refractivity contribution in [2.75, 3.05) is 36.2 Å². The number of halogens is 1. The lowest BCUT2D eigenvalue weighted by Crippen LogP contribution is -2.43. The summed E-state index contributed by atoms with van der Waals surface area (Å²) in [6, 6.07) is 7.13. The summed E-state index contributed by atoms with van der Waals surface area (Å²) in [5.41, 5.74) is 0.772. The van der Waals surface area contributed by atoms with Crippen LogP contribution in [0.5, 0.6) is 0 Å². The Labute approximate surface area is 116 Å². The Hall–Kier alpha value is -0.590. The Morgan fingerprint density at radius 2 is 2.17 bits per heavy atom. The van der Waals surface area contributed by atoms with Gasteiger partial charge in [0.1, 0.15) is 0 Å². The Kier molecular flexibility index (Phi) is 4.29. The van der Waals surface area contributed by atoms with Gasteiger partial charge in [-0.15, -0.1) is 0 Å². The fraction of sp³-hybridized carbons (Fsp3) is 0.500. The number of hydrogen-bond acceptors (Lipinski definition) is 4. The molecule has 0 bridgehead atoms. The van der Waals surface area contributed by atoms with Crippen LogP contribution >= 0.6 is 15.9 Å². The number of para-hydroxylation sites is 1. The number of benzene rings is 1. The molecule has 1 atom stereocenters. The van der Waals surface area contributed by atoms with Gasteiger partial charge in [0.15, 0.2) is 9.84 Å². The Morgan fingerprint density at radius 3 is 2.83 bits per heavy atom. The van der Waals surface area contributed by atoms with E-state index in [1.54, 1.807) is 12.1 Å². The van der Waals surface area contributed by atoms with Crippen molar-refractivity contribution in [2.45, 2.75) is 11.0 Å². The first-order valence-corrected chi connectivity index (χ1v) is 8.75. The number of sulfone groups is 1. The minimum Gasteiger partial charge on any atom is -0.374 e. The smallest absolute Gasteiger partial charge is 0.177 e. The molecule has 100 valence electrons. The maximum Gasteiger partial charge on any atom is 0.177 e. The third-order valence-corrected chi connectivity index (χ3v) is 4.78. The van der Waals surface area contributed by atoms with Gasteiger partial charge < -0.3 is 9.64 Å². The Bertz CT molecular complexity index is 518. The minimum atomic E-state index is -3.20. The van der Waals surface area contributed by atoms with E-state index in [9.17, 15) is 8.42 Å². The number of morpholine rings is 1. The average molecular weight is 334 g/mol. The van der Waals surface area contributed by atoms with E-state index < -0.39 is 9.84 Å². The van der Waals surface area contributed by atoms with E-state index in [1.807, 2.05) is 12.1 Å². The number of ether oxygens (including phenoxy) is 1. The van der Waals surface area contributed by atoms with Crippen LogP contribution in [0.1, 0.15) is 0 Å². The van der Waals surface area contributed by atoms with E-state index in [4.69, 9.17) is 4.74 Å². The quantitative estimate of drug-likeness (QED) is 0.790. The molecule has 1 aromatic rings. The Balaban J connectivity index is 2.33. The van der Waals surface area contributed by atoms with Gasteiger partial charge in [0, 0.05) is 24.7 Å². The fourth-order valence-electron chi connectivity index (χ4n) is 2.06. The van der Waals surface area contributed by atoms with Crippen LogP contribution in [0, 0.1) is 0 Å². The molecule has 1 aromatic carbocycles. The van der Waals surface area contributed by atoms with E-state index in [2.05, 4.69) is 20.8 Å². The summed E-state index contributed by atoms with van der Waals surface area (Å²) in [7, 11) is -3.20. The average Bonchev–Trinajstić information content (AvgIpc) is 2.38. The van der Waals surface area contributed by atoms with Gasteiger partial charge in [0.05, 0.1) is 23.3 Å². The van der Waals surface area contributed by atoms with Crippen LogP contribution in [0.15, 0.2) is 29.2 Å². The molecule has 0 N–H and O–H groups in total. The van der Waals surface area contributed by atoms with Gasteiger partial charge in [-0.25, -0.2) is 8.42 Å². The van der Waals surface area contributed by atoms with E-state index >= 15 is 0 Å². The topological polar surface area (TPSA) is 46.6 Å². The van der Waals surface area contributed by atoms with Crippen molar-refractivity contribution in [1.29, 1.82) is 0 Å². The number of alkyl halides is 1. The van der Waals surface area contributed by atoms with Crippen LogP contribution in [-0.2, 0) is 14.6 Å². The third kappa shape index (κ3) is 3.05. The summed E-state index contributed by atoms with van der Waals surface area (Å²) >= 11 is 3.40. The molecule has 1 aliphatic rings. The zero-order valence-corrected chi connectivity index (χ0v) is 12.6. The fourth-order valence-corrected chi connectivity index (χ4v) is 3.36. The van der Waals surface area contributed by atoms with E-state index in [0.717, 1.165) is 17.6 Å². The van der Waals surface area contributed by atoms with Crippen LogP contribution in [0.25, 0.3) is 0 Å². The van der Waals surface area contributed by atoms with Crippen molar-refractivity contribution in [3.05, 3.63) is 24.3 Å². The van der Waals surface area contributed by atoms with Gasteiger partial charge in [-0.1, -0.05) is 28.1 Å². The summed E-state index contributed by atoms with van der Waals surface area (Å²) in [6.45, 7) is 2.04. The van der Waals surface area contributed by atoms with Crippen LogP contribution < -0.4 is 4.90 Å². The van der Waals surface area contributed by atoms with Crippen LogP contribution in [0.4, 0.5) is 5.69 Å². The highest BCUT2D eigenvalue weighted by Gasteiger charge is 2.23. The van der Waals surface area contributed by atoms with Crippen molar-refractivity contribution in [3.63, 3.8) is 0 Å². The molecule has 1 unspecified atom stereocenters. The standard InChI is InChI=1S/C12H16BrNO3S/c1-18(15,16)12-5-3-2-4-11(12)14-6-7-17-10(8-13)9-14/h2-5,10H,6-9H2,1H3. The summed E-state index contributed by atoms with van der Waals surface area (Å²) in [4.78, 5) is 2.46. The number of nitrogens with zero attached hydrogens (tertiary/aromatic N) is 1. The highest BCUT2D eigenvalue weighted by molar-refractivity contribution is 9.09. The summed E-state index contributed by atoms with van der Waals surface area (Å²) in [6.07, 6.45) is 1.35. The van der Waals surface area contributed by atoms with E-state index in [0.29, 0.717) is 18.0 Å². The first kappa shape index (κ1) is 13.8. The molecule has 0 aliphatic carbocycles. The second-order valence-corrected chi connectivity index (χ2v) is 6.96. The molecule has 0 radical (unpaired) electrons. The number of hydrogen-bond donors (Lipinski definition) is 0. The van der Waals surface area contributed by atoms with E-state index in [1.165, 1.54) is 6.26 Å². The summed E-state index contributed by atoms with van der Waals surface area (Å²) in [5, 5.41) is 0.755. The van der Waals surface area contributed by atoms with Gasteiger partial charge in [0.25, 0.3) is 0 Å². The van der Waals surface area contributed by atoms with Crippen LogP contribution in [-0.4, -0.2) is 45.8 Å². The highest BCUT2D eigenvalue weighted by Crippen LogP contribution is 2.26. The SMILES string of the molecule is CS(=O)(=O)c1ccccc1N1CCOC(CBr)C1. The zero-order chi connectivity index (χ0) is 13.2. The third-order valence-electron chi connectivity index (χ3n) is 2.92. The monoisotopic (exact) mass is 333 g/mol.